The van der Waals surface area contributed by atoms with Gasteiger partial charge in [-0.05, 0) is 18.1 Å². The zero-order chi connectivity index (χ0) is 13.2. The first kappa shape index (κ1) is 12.9. The van der Waals surface area contributed by atoms with E-state index in [0.717, 1.165) is 11.3 Å². The van der Waals surface area contributed by atoms with Crippen molar-refractivity contribution >= 4 is 21.6 Å². The van der Waals surface area contributed by atoms with Crippen molar-refractivity contribution in [2.45, 2.75) is 19.3 Å². The van der Waals surface area contributed by atoms with Crippen LogP contribution in [0.2, 0.25) is 0 Å². The molecule has 1 aromatic carbocycles. The third kappa shape index (κ3) is 2.64. The molecule has 0 saturated carbocycles. The Labute approximate surface area is 107 Å². The molecule has 98 valence electrons. The van der Waals surface area contributed by atoms with Crippen molar-refractivity contribution in [3.05, 3.63) is 29.8 Å². The summed E-state index contributed by atoms with van der Waals surface area (Å²) < 4.78 is 25.2. The summed E-state index contributed by atoms with van der Waals surface area (Å²) in [6.07, 6.45) is 0.488. The van der Waals surface area contributed by atoms with Crippen LogP contribution in [0.1, 0.15) is 24.8 Å². The molecule has 1 aromatic rings. The highest BCUT2D eigenvalue weighted by molar-refractivity contribution is 7.90. The molecule has 5 nitrogen and oxygen atoms in total. The van der Waals surface area contributed by atoms with Gasteiger partial charge in [-0.3, -0.25) is 9.52 Å². The van der Waals surface area contributed by atoms with E-state index < -0.39 is 21.8 Å². The van der Waals surface area contributed by atoms with Crippen LogP contribution in [0.4, 0.5) is 5.69 Å². The van der Waals surface area contributed by atoms with Gasteiger partial charge in [-0.1, -0.05) is 25.1 Å². The molecule has 0 fully saturated rings. The molecule has 1 heterocycles. The highest BCUT2D eigenvalue weighted by Gasteiger charge is 2.30. The Bertz CT molecular complexity index is 554. The average Bonchev–Trinajstić information content (AvgIpc) is 2.71. The zero-order valence-corrected chi connectivity index (χ0v) is 11.0. The lowest BCUT2D eigenvalue weighted by Crippen LogP contribution is -2.36. The number of hydrogen-bond donors (Lipinski definition) is 2. The van der Waals surface area contributed by atoms with Crippen molar-refractivity contribution in [2.75, 3.05) is 17.6 Å². The van der Waals surface area contributed by atoms with Gasteiger partial charge in [0, 0.05) is 12.2 Å². The van der Waals surface area contributed by atoms with Gasteiger partial charge in [-0.2, -0.15) is 0 Å². The summed E-state index contributed by atoms with van der Waals surface area (Å²) in [6, 6.07) is 7.43. The number of fused-ring (bicyclic) bond motifs is 1. The first-order chi connectivity index (χ1) is 8.53. The van der Waals surface area contributed by atoms with Crippen LogP contribution in [-0.4, -0.2) is 26.6 Å². The van der Waals surface area contributed by atoms with E-state index in [1.54, 1.807) is 6.92 Å². The van der Waals surface area contributed by atoms with Gasteiger partial charge in [0.1, 0.15) is 0 Å². The summed E-state index contributed by atoms with van der Waals surface area (Å²) in [6.45, 7) is 2.20. The highest BCUT2D eigenvalue weighted by atomic mass is 32.2. The van der Waals surface area contributed by atoms with Crippen molar-refractivity contribution in [3.8, 4) is 0 Å². The Kier molecular flexibility index (Phi) is 3.56. The fraction of sp³-hybridized carbons (Fsp3) is 0.417. The number of carbonyl (C=O) groups excluding carboxylic acids is 1. The van der Waals surface area contributed by atoms with Crippen molar-refractivity contribution < 1.29 is 13.2 Å². The van der Waals surface area contributed by atoms with Crippen molar-refractivity contribution in [1.29, 1.82) is 0 Å². The Morgan fingerprint density at radius 1 is 1.44 bits per heavy atom. The number of hydrogen-bond acceptors (Lipinski definition) is 4. The molecule has 0 aromatic heterocycles. The monoisotopic (exact) mass is 268 g/mol. The van der Waals surface area contributed by atoms with E-state index in [-0.39, 0.29) is 5.75 Å². The van der Waals surface area contributed by atoms with E-state index in [1.165, 1.54) is 0 Å². The van der Waals surface area contributed by atoms with Gasteiger partial charge in [0.2, 0.25) is 15.9 Å². The molecule has 0 aliphatic carbocycles. The maximum Gasteiger partial charge on any atom is 0.242 e. The van der Waals surface area contributed by atoms with Gasteiger partial charge < -0.3 is 5.32 Å². The molecule has 18 heavy (non-hydrogen) atoms. The molecule has 2 rings (SSSR count). The maximum atomic E-state index is 12.0. The number of rotatable bonds is 4. The number of para-hydroxylation sites is 1. The second kappa shape index (κ2) is 4.97. The standard InChI is InChI=1S/C12H16N2O3S/c1-2-7-18(16,17)14-12(15)10-8-13-11-6-4-3-5-9(10)11/h3-6,10,13H,2,7-8H2,1H3,(H,14,15). The molecule has 1 aliphatic heterocycles. The molecular weight excluding hydrogens is 252 g/mol. The van der Waals surface area contributed by atoms with E-state index in [2.05, 4.69) is 10.0 Å². The van der Waals surface area contributed by atoms with Crippen LogP contribution in [0.5, 0.6) is 0 Å². The summed E-state index contributed by atoms with van der Waals surface area (Å²) in [5, 5.41) is 3.09. The fourth-order valence-corrected chi connectivity index (χ4v) is 3.15. The SMILES string of the molecule is CCCS(=O)(=O)NC(=O)C1CNc2ccccc21. The third-order valence-electron chi connectivity index (χ3n) is 2.88. The number of anilines is 1. The van der Waals surface area contributed by atoms with Gasteiger partial charge in [-0.25, -0.2) is 8.42 Å². The van der Waals surface area contributed by atoms with Crippen LogP contribution in [0.25, 0.3) is 0 Å². The van der Waals surface area contributed by atoms with E-state index in [4.69, 9.17) is 0 Å². The minimum Gasteiger partial charge on any atom is -0.384 e. The van der Waals surface area contributed by atoms with Gasteiger partial charge in [-0.15, -0.1) is 0 Å². The van der Waals surface area contributed by atoms with Gasteiger partial charge in [0.05, 0.1) is 11.7 Å². The Morgan fingerprint density at radius 3 is 2.89 bits per heavy atom. The topological polar surface area (TPSA) is 75.3 Å². The van der Waals surface area contributed by atoms with Crippen LogP contribution in [-0.2, 0) is 14.8 Å². The Balaban J connectivity index is 2.13. The van der Waals surface area contributed by atoms with Crippen LogP contribution >= 0.6 is 0 Å². The molecule has 2 N–H and O–H groups in total. The number of sulfonamides is 1. The number of nitrogens with one attached hydrogen (secondary N) is 2. The van der Waals surface area contributed by atoms with Gasteiger partial charge in [0.15, 0.2) is 0 Å². The summed E-state index contributed by atoms with van der Waals surface area (Å²) in [5.41, 5.74) is 1.74. The summed E-state index contributed by atoms with van der Waals surface area (Å²) in [5.74, 6) is -0.922. The normalized spacial score (nSPS) is 17.9. The summed E-state index contributed by atoms with van der Waals surface area (Å²) in [7, 11) is -3.50. The van der Waals surface area contributed by atoms with E-state index in [0.29, 0.717) is 13.0 Å². The Morgan fingerprint density at radius 2 is 2.17 bits per heavy atom. The summed E-state index contributed by atoms with van der Waals surface area (Å²) in [4.78, 5) is 12.0. The second-order valence-electron chi connectivity index (χ2n) is 4.31. The van der Waals surface area contributed by atoms with E-state index in [9.17, 15) is 13.2 Å². The lowest BCUT2D eigenvalue weighted by atomic mass is 10.0. The maximum absolute atomic E-state index is 12.0. The molecule has 1 unspecified atom stereocenters. The van der Waals surface area contributed by atoms with Crippen molar-refractivity contribution in [2.24, 2.45) is 0 Å². The van der Waals surface area contributed by atoms with Crippen LogP contribution in [0.15, 0.2) is 24.3 Å². The molecular formula is C12H16N2O3S. The molecule has 0 bridgehead atoms. The second-order valence-corrected chi connectivity index (χ2v) is 6.15. The smallest absolute Gasteiger partial charge is 0.242 e. The molecule has 1 amide bonds. The molecule has 1 atom stereocenters. The predicted octanol–water partition coefficient (Wildman–Crippen LogP) is 1.05. The average molecular weight is 268 g/mol. The molecule has 6 heteroatoms. The largest absolute Gasteiger partial charge is 0.384 e. The van der Waals surface area contributed by atoms with E-state index in [1.807, 2.05) is 24.3 Å². The van der Waals surface area contributed by atoms with Gasteiger partial charge in [0.25, 0.3) is 0 Å². The number of carbonyl (C=O) groups is 1. The summed E-state index contributed by atoms with van der Waals surface area (Å²) >= 11 is 0. The van der Waals surface area contributed by atoms with Crippen molar-refractivity contribution in [3.63, 3.8) is 0 Å². The zero-order valence-electron chi connectivity index (χ0n) is 10.1. The first-order valence-electron chi connectivity index (χ1n) is 5.90. The van der Waals surface area contributed by atoms with Crippen LogP contribution in [0, 0.1) is 0 Å². The fourth-order valence-electron chi connectivity index (χ4n) is 2.06. The molecule has 0 radical (unpaired) electrons. The minimum absolute atomic E-state index is 0.0272. The number of benzene rings is 1. The minimum atomic E-state index is -3.50. The first-order valence-corrected chi connectivity index (χ1v) is 7.56. The molecule has 0 saturated heterocycles. The highest BCUT2D eigenvalue weighted by Crippen LogP contribution is 2.31. The molecule has 0 spiro atoms. The van der Waals surface area contributed by atoms with Crippen molar-refractivity contribution in [1.82, 2.24) is 4.72 Å². The third-order valence-corrected chi connectivity index (χ3v) is 4.34. The Hall–Kier alpha value is -1.56. The predicted molar refractivity (Wildman–Crippen MR) is 69.9 cm³/mol. The molecule has 1 aliphatic rings. The van der Waals surface area contributed by atoms with Crippen LogP contribution in [0.3, 0.4) is 0 Å². The number of amides is 1. The quantitative estimate of drug-likeness (QED) is 0.856. The lowest BCUT2D eigenvalue weighted by molar-refractivity contribution is -0.120. The lowest BCUT2D eigenvalue weighted by Gasteiger charge is -2.11. The van der Waals surface area contributed by atoms with Gasteiger partial charge >= 0.3 is 0 Å². The van der Waals surface area contributed by atoms with E-state index >= 15 is 0 Å². The van der Waals surface area contributed by atoms with Crippen LogP contribution < -0.4 is 10.0 Å².